The van der Waals surface area contributed by atoms with Gasteiger partial charge < -0.3 is 4.90 Å². The molecule has 0 saturated carbocycles. The van der Waals surface area contributed by atoms with Crippen molar-refractivity contribution >= 4 is 5.91 Å². The number of carbonyl (C=O) groups is 1. The van der Waals surface area contributed by atoms with Crippen molar-refractivity contribution in [3.05, 3.63) is 70.4 Å². The molecule has 4 rings (SSSR count). The Labute approximate surface area is 179 Å². The third-order valence-corrected chi connectivity index (χ3v) is 6.39. The van der Waals surface area contributed by atoms with Crippen LogP contribution in [-0.2, 0) is 0 Å². The van der Waals surface area contributed by atoms with E-state index in [-0.39, 0.29) is 5.91 Å². The fourth-order valence-corrected chi connectivity index (χ4v) is 4.08. The first-order valence-electron chi connectivity index (χ1n) is 10.9. The van der Waals surface area contributed by atoms with Gasteiger partial charge in [0.05, 0.1) is 11.4 Å². The van der Waals surface area contributed by atoms with E-state index < -0.39 is 0 Å². The molecule has 3 aromatic rings. The second kappa shape index (κ2) is 8.10. The molecule has 0 aliphatic carbocycles. The van der Waals surface area contributed by atoms with Crippen LogP contribution in [0, 0.1) is 33.6 Å². The minimum atomic E-state index is 0.0744. The van der Waals surface area contributed by atoms with Crippen molar-refractivity contribution in [2.75, 3.05) is 13.1 Å². The van der Waals surface area contributed by atoms with Crippen LogP contribution in [0.25, 0.3) is 16.9 Å². The van der Waals surface area contributed by atoms with Crippen molar-refractivity contribution in [1.29, 1.82) is 0 Å². The normalized spacial score (nSPS) is 14.9. The summed E-state index contributed by atoms with van der Waals surface area (Å²) in [4.78, 5) is 15.5. The Kier molecular flexibility index (Phi) is 5.50. The SMILES string of the molecule is Cc1ccc(C)c(-n2nc(-c3ccc(C)c(C)c3)cc2C(=O)N2CCC(C)CC2)c1. The van der Waals surface area contributed by atoms with Crippen LogP contribution >= 0.6 is 0 Å². The summed E-state index contributed by atoms with van der Waals surface area (Å²) in [5, 5.41) is 4.92. The number of benzene rings is 2. The van der Waals surface area contributed by atoms with Gasteiger partial charge in [-0.3, -0.25) is 4.79 Å². The molecule has 1 fully saturated rings. The smallest absolute Gasteiger partial charge is 0.272 e. The molecule has 1 aliphatic rings. The molecule has 4 heteroatoms. The van der Waals surface area contributed by atoms with Crippen LogP contribution in [0.4, 0.5) is 0 Å². The van der Waals surface area contributed by atoms with Crippen LogP contribution in [0.5, 0.6) is 0 Å². The summed E-state index contributed by atoms with van der Waals surface area (Å²) in [5.74, 6) is 0.759. The number of aryl methyl sites for hydroxylation is 4. The highest BCUT2D eigenvalue weighted by Gasteiger charge is 2.26. The second-order valence-electron chi connectivity index (χ2n) is 8.89. The lowest BCUT2D eigenvalue weighted by molar-refractivity contribution is 0.0688. The maximum Gasteiger partial charge on any atom is 0.272 e. The zero-order valence-electron chi connectivity index (χ0n) is 18.7. The topological polar surface area (TPSA) is 38.1 Å². The number of hydrogen-bond donors (Lipinski definition) is 0. The molecule has 1 amide bonds. The molecule has 0 atom stereocenters. The number of carbonyl (C=O) groups excluding carboxylic acids is 1. The zero-order valence-corrected chi connectivity index (χ0v) is 18.7. The highest BCUT2D eigenvalue weighted by molar-refractivity contribution is 5.94. The third-order valence-electron chi connectivity index (χ3n) is 6.39. The van der Waals surface area contributed by atoms with Crippen LogP contribution < -0.4 is 0 Å². The summed E-state index contributed by atoms with van der Waals surface area (Å²) in [6, 6.07) is 14.6. The van der Waals surface area contributed by atoms with E-state index in [1.54, 1.807) is 0 Å². The molecular formula is C26H31N3O. The lowest BCUT2D eigenvalue weighted by Gasteiger charge is -2.30. The average Bonchev–Trinajstić information content (AvgIpc) is 3.17. The summed E-state index contributed by atoms with van der Waals surface area (Å²) in [7, 11) is 0. The summed E-state index contributed by atoms with van der Waals surface area (Å²) in [6.45, 7) is 12.3. The molecule has 0 spiro atoms. The van der Waals surface area contributed by atoms with Gasteiger partial charge in [0.15, 0.2) is 0 Å². The van der Waals surface area contributed by atoms with Crippen LogP contribution in [0.3, 0.4) is 0 Å². The molecule has 4 nitrogen and oxygen atoms in total. The van der Waals surface area contributed by atoms with E-state index in [0.29, 0.717) is 11.6 Å². The quantitative estimate of drug-likeness (QED) is 0.569. The van der Waals surface area contributed by atoms with Gasteiger partial charge in [-0.1, -0.05) is 31.2 Å². The van der Waals surface area contributed by atoms with Crippen LogP contribution in [0.2, 0.25) is 0 Å². The van der Waals surface area contributed by atoms with Gasteiger partial charge in [0, 0.05) is 18.7 Å². The highest BCUT2D eigenvalue weighted by Crippen LogP contribution is 2.27. The molecule has 0 radical (unpaired) electrons. The highest BCUT2D eigenvalue weighted by atomic mass is 16.2. The first-order chi connectivity index (χ1) is 14.3. The summed E-state index contributed by atoms with van der Waals surface area (Å²) >= 11 is 0. The molecule has 2 aromatic carbocycles. The molecule has 30 heavy (non-hydrogen) atoms. The molecule has 0 bridgehead atoms. The van der Waals surface area contributed by atoms with Crippen molar-refractivity contribution in [2.45, 2.75) is 47.5 Å². The Morgan fingerprint density at radius 2 is 1.60 bits per heavy atom. The van der Waals surface area contributed by atoms with E-state index in [1.807, 2.05) is 15.6 Å². The number of piperidine rings is 1. The Hall–Kier alpha value is -2.88. The number of likely N-dealkylation sites (tertiary alicyclic amines) is 1. The number of nitrogens with zero attached hydrogens (tertiary/aromatic N) is 3. The van der Waals surface area contributed by atoms with Crippen molar-refractivity contribution in [2.24, 2.45) is 5.92 Å². The van der Waals surface area contributed by atoms with E-state index in [0.717, 1.165) is 54.0 Å². The number of aromatic nitrogens is 2. The van der Waals surface area contributed by atoms with Crippen LogP contribution in [-0.4, -0.2) is 33.7 Å². The molecule has 0 N–H and O–H groups in total. The minimum Gasteiger partial charge on any atom is -0.337 e. The molecule has 2 heterocycles. The largest absolute Gasteiger partial charge is 0.337 e. The fraction of sp³-hybridized carbons (Fsp3) is 0.385. The maximum atomic E-state index is 13.5. The van der Waals surface area contributed by atoms with E-state index in [2.05, 4.69) is 71.0 Å². The lowest BCUT2D eigenvalue weighted by Crippen LogP contribution is -2.38. The fourth-order valence-electron chi connectivity index (χ4n) is 4.08. The molecule has 0 unspecified atom stereocenters. The Morgan fingerprint density at radius 1 is 0.900 bits per heavy atom. The zero-order chi connectivity index (χ0) is 21.4. The number of rotatable bonds is 3. The van der Waals surface area contributed by atoms with Gasteiger partial charge in [-0.05, 0) is 86.9 Å². The number of hydrogen-bond acceptors (Lipinski definition) is 2. The van der Waals surface area contributed by atoms with Crippen LogP contribution in [0.1, 0.15) is 52.5 Å². The van der Waals surface area contributed by atoms with E-state index in [4.69, 9.17) is 5.10 Å². The van der Waals surface area contributed by atoms with Gasteiger partial charge in [-0.2, -0.15) is 5.10 Å². The van der Waals surface area contributed by atoms with Gasteiger partial charge in [0.1, 0.15) is 5.69 Å². The maximum absolute atomic E-state index is 13.5. The van der Waals surface area contributed by atoms with E-state index in [1.165, 1.54) is 11.1 Å². The van der Waals surface area contributed by atoms with Crippen molar-refractivity contribution < 1.29 is 4.79 Å². The molecule has 1 aromatic heterocycles. The van der Waals surface area contributed by atoms with E-state index in [9.17, 15) is 4.79 Å². The minimum absolute atomic E-state index is 0.0744. The van der Waals surface area contributed by atoms with Gasteiger partial charge in [-0.25, -0.2) is 4.68 Å². The lowest BCUT2D eigenvalue weighted by atomic mass is 9.99. The predicted octanol–water partition coefficient (Wildman–Crippen LogP) is 5.65. The summed E-state index contributed by atoms with van der Waals surface area (Å²) in [5.41, 5.74) is 8.25. The van der Waals surface area contributed by atoms with Crippen LogP contribution in [0.15, 0.2) is 42.5 Å². The Bertz CT molecular complexity index is 1090. The number of amides is 1. The van der Waals surface area contributed by atoms with Crippen molar-refractivity contribution in [3.63, 3.8) is 0 Å². The first-order valence-corrected chi connectivity index (χ1v) is 10.9. The molecule has 156 valence electrons. The van der Waals surface area contributed by atoms with E-state index >= 15 is 0 Å². The van der Waals surface area contributed by atoms with Gasteiger partial charge in [0.2, 0.25) is 0 Å². The molecular weight excluding hydrogens is 370 g/mol. The predicted molar refractivity (Wildman–Crippen MR) is 122 cm³/mol. The monoisotopic (exact) mass is 401 g/mol. The first kappa shape index (κ1) is 20.4. The van der Waals surface area contributed by atoms with Gasteiger partial charge in [-0.15, -0.1) is 0 Å². The Balaban J connectivity index is 1.82. The molecule has 1 aliphatic heterocycles. The average molecular weight is 402 g/mol. The van der Waals surface area contributed by atoms with Gasteiger partial charge in [0.25, 0.3) is 5.91 Å². The molecule has 1 saturated heterocycles. The summed E-state index contributed by atoms with van der Waals surface area (Å²) in [6.07, 6.45) is 2.13. The second-order valence-corrected chi connectivity index (χ2v) is 8.89. The van der Waals surface area contributed by atoms with Crippen molar-refractivity contribution in [3.8, 4) is 16.9 Å². The third kappa shape index (κ3) is 3.91. The van der Waals surface area contributed by atoms with Crippen molar-refractivity contribution in [1.82, 2.24) is 14.7 Å². The standard InChI is InChI=1S/C26H31N3O/c1-17-10-12-28(13-11-17)26(30)25-16-23(22-9-8-19(3)21(5)15-22)27-29(25)24-14-18(2)6-7-20(24)4/h6-9,14-17H,10-13H2,1-5H3. The van der Waals surface area contributed by atoms with Gasteiger partial charge >= 0.3 is 0 Å². The Morgan fingerprint density at radius 3 is 2.30 bits per heavy atom. The summed E-state index contributed by atoms with van der Waals surface area (Å²) < 4.78 is 1.85.